The molecule has 0 N–H and O–H groups in total. The van der Waals surface area contributed by atoms with E-state index >= 15 is 0 Å². The van der Waals surface area contributed by atoms with Crippen LogP contribution in [0.15, 0.2) is 48.5 Å². The predicted octanol–water partition coefficient (Wildman–Crippen LogP) is 4.00. The lowest BCUT2D eigenvalue weighted by molar-refractivity contribution is 0.638. The third kappa shape index (κ3) is 1.29. The molecule has 0 aliphatic rings. The Morgan fingerprint density at radius 1 is 0.765 bits per heavy atom. The summed E-state index contributed by atoms with van der Waals surface area (Å²) in [5.74, 6) is -0.429. The lowest BCUT2D eigenvalue weighted by atomic mass is 9.97. The van der Waals surface area contributed by atoms with E-state index in [-0.39, 0.29) is 5.56 Å². The summed E-state index contributed by atoms with van der Waals surface area (Å²) in [5.41, 5.74) is 0.124. The van der Waals surface area contributed by atoms with Gasteiger partial charge in [-0.05, 0) is 10.8 Å². The van der Waals surface area contributed by atoms with Gasteiger partial charge in [-0.15, -0.1) is 0 Å². The van der Waals surface area contributed by atoms with Gasteiger partial charge in [-0.1, -0.05) is 48.5 Å². The van der Waals surface area contributed by atoms with Gasteiger partial charge in [0.2, 0.25) is 0 Å². The van der Waals surface area contributed by atoms with E-state index in [1.807, 2.05) is 36.4 Å². The van der Waals surface area contributed by atoms with E-state index in [1.165, 1.54) is 0 Å². The minimum absolute atomic E-state index is 0.124. The number of fused-ring (bicyclic) bond motifs is 3. The summed E-state index contributed by atoms with van der Waals surface area (Å²) < 4.78 is 14.2. The second kappa shape index (κ2) is 3.57. The maximum absolute atomic E-state index is 14.2. The molecule has 80 valence electrons. The first-order chi connectivity index (χ1) is 8.33. The molecule has 0 bridgehead atoms. The maximum atomic E-state index is 14.2. The highest BCUT2D eigenvalue weighted by Gasteiger charge is 2.12. The van der Waals surface area contributed by atoms with Gasteiger partial charge in [0.05, 0.1) is 5.56 Å². The number of rotatable bonds is 0. The van der Waals surface area contributed by atoms with Crippen molar-refractivity contribution in [2.45, 2.75) is 0 Å². The Labute approximate surface area is 97.7 Å². The summed E-state index contributed by atoms with van der Waals surface area (Å²) in [6, 6.07) is 16.6. The smallest absolute Gasteiger partial charge is 0.149 e. The van der Waals surface area contributed by atoms with Crippen LogP contribution in [0.2, 0.25) is 0 Å². The van der Waals surface area contributed by atoms with Crippen molar-refractivity contribution in [1.29, 1.82) is 5.26 Å². The molecule has 0 amide bonds. The van der Waals surface area contributed by atoms with Crippen molar-refractivity contribution in [2.75, 3.05) is 0 Å². The van der Waals surface area contributed by atoms with E-state index in [0.29, 0.717) is 10.8 Å². The molecular formula is C15H8FN. The monoisotopic (exact) mass is 221 g/mol. The fourth-order valence-corrected chi connectivity index (χ4v) is 2.21. The van der Waals surface area contributed by atoms with Gasteiger partial charge in [0.1, 0.15) is 11.9 Å². The van der Waals surface area contributed by atoms with Crippen molar-refractivity contribution in [3.05, 3.63) is 59.9 Å². The lowest BCUT2D eigenvalue weighted by Crippen LogP contribution is -1.89. The van der Waals surface area contributed by atoms with Crippen molar-refractivity contribution in [3.63, 3.8) is 0 Å². The minimum Gasteiger partial charge on any atom is -0.205 e. The molecule has 0 radical (unpaired) electrons. The van der Waals surface area contributed by atoms with E-state index in [9.17, 15) is 4.39 Å². The van der Waals surface area contributed by atoms with Gasteiger partial charge < -0.3 is 0 Å². The zero-order valence-electron chi connectivity index (χ0n) is 8.94. The fraction of sp³-hybridized carbons (Fsp3) is 0. The zero-order valence-corrected chi connectivity index (χ0v) is 8.94. The molecule has 0 unspecified atom stereocenters. The predicted molar refractivity (Wildman–Crippen MR) is 66.1 cm³/mol. The fourth-order valence-electron chi connectivity index (χ4n) is 2.21. The SMILES string of the molecule is N#Cc1c(F)c2ccccc2c2ccccc12. The minimum atomic E-state index is -0.429. The van der Waals surface area contributed by atoms with Crippen molar-refractivity contribution in [2.24, 2.45) is 0 Å². The summed E-state index contributed by atoms with van der Waals surface area (Å²) in [4.78, 5) is 0. The number of hydrogen-bond acceptors (Lipinski definition) is 1. The maximum Gasteiger partial charge on any atom is 0.149 e. The van der Waals surface area contributed by atoms with E-state index in [2.05, 4.69) is 0 Å². The Bertz CT molecular complexity index is 769. The van der Waals surface area contributed by atoms with Gasteiger partial charge in [-0.3, -0.25) is 0 Å². The van der Waals surface area contributed by atoms with Crippen LogP contribution in [0.25, 0.3) is 21.5 Å². The van der Waals surface area contributed by atoms with Crippen LogP contribution in [0.5, 0.6) is 0 Å². The molecule has 0 atom stereocenters. The standard InChI is InChI=1S/C15H8FN/c16-15-13-8-4-3-6-11(13)10-5-1-2-7-12(10)14(15)9-17/h1-8H. The van der Waals surface area contributed by atoms with Crippen LogP contribution in [0, 0.1) is 17.1 Å². The molecule has 0 fully saturated rings. The first kappa shape index (κ1) is 9.80. The van der Waals surface area contributed by atoms with Crippen molar-refractivity contribution in [3.8, 4) is 6.07 Å². The molecular weight excluding hydrogens is 213 g/mol. The molecule has 0 aliphatic carbocycles. The highest BCUT2D eigenvalue weighted by Crippen LogP contribution is 2.31. The van der Waals surface area contributed by atoms with Crippen LogP contribution >= 0.6 is 0 Å². The van der Waals surface area contributed by atoms with Gasteiger partial charge in [0.15, 0.2) is 0 Å². The van der Waals surface area contributed by atoms with Crippen molar-refractivity contribution in [1.82, 2.24) is 0 Å². The van der Waals surface area contributed by atoms with Gasteiger partial charge in [-0.25, -0.2) is 4.39 Å². The second-order valence-corrected chi connectivity index (χ2v) is 3.89. The molecule has 1 nitrogen and oxygen atoms in total. The summed E-state index contributed by atoms with van der Waals surface area (Å²) >= 11 is 0. The quantitative estimate of drug-likeness (QED) is 0.526. The second-order valence-electron chi connectivity index (χ2n) is 3.89. The first-order valence-electron chi connectivity index (χ1n) is 5.32. The third-order valence-corrected chi connectivity index (χ3v) is 2.98. The average molecular weight is 221 g/mol. The van der Waals surface area contributed by atoms with E-state index in [1.54, 1.807) is 18.2 Å². The van der Waals surface area contributed by atoms with Crippen LogP contribution in [-0.2, 0) is 0 Å². The van der Waals surface area contributed by atoms with Crippen LogP contribution in [-0.4, -0.2) is 0 Å². The van der Waals surface area contributed by atoms with Gasteiger partial charge >= 0.3 is 0 Å². The van der Waals surface area contributed by atoms with Crippen molar-refractivity contribution < 1.29 is 4.39 Å². The molecule has 3 rings (SSSR count). The average Bonchev–Trinajstić information content (AvgIpc) is 2.40. The molecule has 0 heterocycles. The lowest BCUT2D eigenvalue weighted by Gasteiger charge is -2.07. The van der Waals surface area contributed by atoms with Crippen LogP contribution < -0.4 is 0 Å². The molecule has 2 heteroatoms. The Morgan fingerprint density at radius 3 is 1.82 bits per heavy atom. The normalized spacial score (nSPS) is 10.6. The van der Waals surface area contributed by atoms with Crippen LogP contribution in [0.1, 0.15) is 5.56 Å². The molecule has 3 aromatic carbocycles. The number of hydrogen-bond donors (Lipinski definition) is 0. The van der Waals surface area contributed by atoms with E-state index in [4.69, 9.17) is 5.26 Å². The molecule has 0 aliphatic heterocycles. The van der Waals surface area contributed by atoms with Crippen LogP contribution in [0.4, 0.5) is 4.39 Å². The Hall–Kier alpha value is -2.40. The Balaban J connectivity index is 2.70. The topological polar surface area (TPSA) is 23.8 Å². The Kier molecular flexibility index (Phi) is 2.06. The summed E-state index contributed by atoms with van der Waals surface area (Å²) in [7, 11) is 0. The third-order valence-electron chi connectivity index (χ3n) is 2.98. The number of benzene rings is 3. The summed E-state index contributed by atoms with van der Waals surface area (Å²) in [5, 5.41) is 12.0. The summed E-state index contributed by atoms with van der Waals surface area (Å²) in [6.07, 6.45) is 0. The number of halogens is 1. The molecule has 0 spiro atoms. The molecule has 0 saturated carbocycles. The van der Waals surface area contributed by atoms with Crippen LogP contribution in [0.3, 0.4) is 0 Å². The summed E-state index contributed by atoms with van der Waals surface area (Å²) in [6.45, 7) is 0. The number of nitriles is 1. The van der Waals surface area contributed by atoms with E-state index < -0.39 is 5.82 Å². The first-order valence-corrected chi connectivity index (χ1v) is 5.32. The van der Waals surface area contributed by atoms with Gasteiger partial charge in [-0.2, -0.15) is 5.26 Å². The highest BCUT2D eigenvalue weighted by molar-refractivity contribution is 6.10. The number of nitrogens with zero attached hydrogens (tertiary/aromatic N) is 1. The van der Waals surface area contributed by atoms with E-state index in [0.717, 1.165) is 10.8 Å². The molecule has 3 aromatic rings. The molecule has 0 saturated heterocycles. The Morgan fingerprint density at radius 2 is 1.24 bits per heavy atom. The van der Waals surface area contributed by atoms with Gasteiger partial charge in [0.25, 0.3) is 0 Å². The largest absolute Gasteiger partial charge is 0.205 e. The van der Waals surface area contributed by atoms with Crippen molar-refractivity contribution >= 4 is 21.5 Å². The zero-order chi connectivity index (χ0) is 11.8. The van der Waals surface area contributed by atoms with Gasteiger partial charge in [0, 0.05) is 10.8 Å². The molecule has 17 heavy (non-hydrogen) atoms. The molecule has 0 aromatic heterocycles. The highest BCUT2D eigenvalue weighted by atomic mass is 19.1.